The van der Waals surface area contributed by atoms with Gasteiger partial charge < -0.3 is 50.0 Å². The number of halogens is 8. The zero-order chi connectivity index (χ0) is 84.0. The van der Waals surface area contributed by atoms with Gasteiger partial charge in [0.05, 0.1) is 129 Å². The van der Waals surface area contributed by atoms with Crippen LogP contribution in [0.15, 0.2) is 157 Å². The quantitative estimate of drug-likeness (QED) is 0.0295. The molecule has 14 aromatic rings. The Labute approximate surface area is 752 Å². The second-order valence-corrected chi connectivity index (χ2v) is 35.3. The molecule has 22 nitrogen and oxygen atoms in total. The van der Waals surface area contributed by atoms with E-state index in [9.17, 15) is 0 Å². The van der Waals surface area contributed by atoms with Crippen molar-refractivity contribution in [3.8, 4) is 71.2 Å². The second kappa shape index (κ2) is 44.2. The lowest BCUT2D eigenvalue weighted by Gasteiger charge is -2.15. The van der Waals surface area contributed by atoms with Gasteiger partial charge in [-0.05, 0) is 279 Å². The minimum absolute atomic E-state index is 0.371. The van der Waals surface area contributed by atoms with E-state index >= 15 is 0 Å². The predicted molar refractivity (Wildman–Crippen MR) is 503 cm³/mol. The Hall–Kier alpha value is -8.54. The van der Waals surface area contributed by atoms with E-state index in [0.29, 0.717) is 103 Å². The van der Waals surface area contributed by atoms with E-state index in [2.05, 4.69) is 109 Å². The van der Waals surface area contributed by atoms with Crippen molar-refractivity contribution in [3.05, 3.63) is 192 Å². The van der Waals surface area contributed by atoms with Crippen molar-refractivity contribution in [1.82, 2.24) is 79.4 Å². The number of aromatic nitrogens is 12. The lowest BCUT2D eigenvalue weighted by molar-refractivity contribution is 0.331. The van der Waals surface area contributed by atoms with E-state index in [1.807, 2.05) is 60.8 Å². The highest BCUT2D eigenvalue weighted by atomic mass is 35.5. The molecule has 0 atom stereocenters. The number of unbranched alkanes of at least 4 members (excludes halogenated alkanes) is 4. The first-order chi connectivity index (χ1) is 59.0. The van der Waals surface area contributed by atoms with Gasteiger partial charge in [-0.3, -0.25) is 15.0 Å². The minimum Gasteiger partial charge on any atom is -0.478 e. The summed E-state index contributed by atoms with van der Waals surface area (Å²) in [5.74, 6) is 4.19. The molecule has 17 rings (SSSR count). The normalized spacial score (nSPS) is 13.7. The Morgan fingerprint density at radius 1 is 0.364 bits per heavy atom. The molecule has 13 heterocycles. The number of methoxy groups -OCH3 is 1. The first-order valence-electron chi connectivity index (χ1n) is 40.9. The lowest BCUT2D eigenvalue weighted by Crippen LogP contribution is -2.21. The van der Waals surface area contributed by atoms with Gasteiger partial charge in [0.1, 0.15) is 17.1 Å². The Morgan fingerprint density at radius 3 is 1.05 bits per heavy atom. The van der Waals surface area contributed by atoms with Crippen molar-refractivity contribution < 1.29 is 9.15 Å². The number of nitrogens with one attached hydrogen (secondary N) is 4. The fraction of sp³-hybridized carbons (Fsp3) is 0.348. The Morgan fingerprint density at radius 2 is 0.686 bits per heavy atom. The van der Waals surface area contributed by atoms with Gasteiger partial charge in [-0.25, -0.2) is 44.9 Å². The number of hydrogen-bond acceptors (Lipinski definition) is 24. The molecule has 3 aliphatic heterocycles. The maximum atomic E-state index is 6.26. The molecule has 0 radical (unpaired) electrons. The topological polar surface area (TPSA) is 238 Å². The highest BCUT2D eigenvalue weighted by Gasteiger charge is 2.23. The maximum absolute atomic E-state index is 6.26. The largest absolute Gasteiger partial charge is 0.478 e. The summed E-state index contributed by atoms with van der Waals surface area (Å²) >= 11 is 52.8. The monoisotopic (exact) mass is 1820 g/mol. The van der Waals surface area contributed by atoms with Gasteiger partial charge in [0.2, 0.25) is 5.89 Å². The highest BCUT2D eigenvalue weighted by Crippen LogP contribution is 2.41. The minimum atomic E-state index is 0.371. The molecule has 4 aromatic carbocycles. The Balaban J connectivity index is 0.000000133. The van der Waals surface area contributed by atoms with Crippen LogP contribution in [0, 0.1) is 0 Å². The summed E-state index contributed by atoms with van der Waals surface area (Å²) < 4.78 is 11.4. The van der Waals surface area contributed by atoms with Crippen LogP contribution >= 0.6 is 115 Å². The van der Waals surface area contributed by atoms with Crippen molar-refractivity contribution in [2.24, 2.45) is 0 Å². The molecule has 630 valence electrons. The van der Waals surface area contributed by atoms with Crippen LogP contribution in [0.2, 0.25) is 40.2 Å². The molecule has 3 saturated heterocycles. The molecular formula is C89H94Cl8N20O2S2. The summed E-state index contributed by atoms with van der Waals surface area (Å²) in [7, 11) is 5.77. The van der Waals surface area contributed by atoms with Crippen molar-refractivity contribution in [2.75, 3.05) is 134 Å². The Bertz CT molecular complexity index is 5550. The molecule has 0 bridgehead atoms. The van der Waals surface area contributed by atoms with Gasteiger partial charge in [-0.2, -0.15) is 0 Å². The first kappa shape index (κ1) is 88.8. The summed E-state index contributed by atoms with van der Waals surface area (Å²) in [6.45, 7) is 15.3. The summed E-state index contributed by atoms with van der Waals surface area (Å²) in [4.78, 5) is 69.9. The van der Waals surface area contributed by atoms with Crippen LogP contribution in [0.4, 0.5) is 23.3 Å². The molecule has 4 N–H and O–H groups in total. The number of benzene rings is 4. The molecular weight excluding hydrogens is 1730 g/mol. The van der Waals surface area contributed by atoms with Crippen LogP contribution in [-0.4, -0.2) is 192 Å². The van der Waals surface area contributed by atoms with Crippen LogP contribution in [0.25, 0.3) is 109 Å². The summed E-state index contributed by atoms with van der Waals surface area (Å²) in [5, 5.41) is 17.5. The number of hydrogen-bond donors (Lipinski definition) is 4. The fourth-order valence-electron chi connectivity index (χ4n) is 14.3. The average molecular weight is 1820 g/mol. The number of nitrogens with zero attached hydrogens (tertiary/aromatic N) is 16. The van der Waals surface area contributed by atoms with Crippen LogP contribution in [0.3, 0.4) is 0 Å². The van der Waals surface area contributed by atoms with E-state index in [0.717, 1.165) is 154 Å². The molecule has 121 heavy (non-hydrogen) atoms. The van der Waals surface area contributed by atoms with Crippen molar-refractivity contribution in [3.63, 3.8) is 0 Å². The Kier molecular flexibility index (Phi) is 32.4. The third-order valence-corrected chi connectivity index (χ3v) is 25.7. The van der Waals surface area contributed by atoms with Crippen LogP contribution in [-0.2, 0) is 0 Å². The van der Waals surface area contributed by atoms with Gasteiger partial charge in [-0.1, -0.05) is 111 Å². The fourth-order valence-corrected chi connectivity index (χ4v) is 17.5. The number of anilines is 4. The number of fused-ring (bicyclic) bond motifs is 4. The molecule has 0 unspecified atom stereocenters. The van der Waals surface area contributed by atoms with Gasteiger partial charge in [-0.15, -0.1) is 22.7 Å². The second-order valence-electron chi connectivity index (χ2n) is 29.9. The average Bonchev–Trinajstić information content (AvgIpc) is 1.77. The van der Waals surface area contributed by atoms with E-state index in [4.69, 9.17) is 132 Å². The highest BCUT2D eigenvalue weighted by molar-refractivity contribution is 7.19. The summed E-state index contributed by atoms with van der Waals surface area (Å²) in [6, 6.07) is 39.8. The van der Waals surface area contributed by atoms with Gasteiger partial charge in [0.15, 0.2) is 34.7 Å². The molecule has 3 fully saturated rings. The number of pyridine rings is 3. The van der Waals surface area contributed by atoms with Gasteiger partial charge in [0, 0.05) is 44.8 Å². The molecule has 0 saturated carbocycles. The van der Waals surface area contributed by atoms with E-state index in [1.165, 1.54) is 104 Å². The third kappa shape index (κ3) is 24.5. The molecule has 0 amide bonds. The standard InChI is InChI=1S/C25H25Cl2N5S.C24H24Cl2N6O.C23H23Cl2N5S.C17H22Cl2N4O/c26-17-15-20-21(16-18(17)27)31-25(29-11-3-4-12-32-13-5-6-14-32)24(30-20)23-9-8-22(33-23)19-7-1-2-10-28-19;25-16-13-19-20(14-17(16)26)31-23(28-9-3-4-10-32-11-5-6-12-32)22(30-19)24-29-15-21(33-24)18-7-1-2-8-27-18;1-30(2)12-6-5-11-27-23-22(28-18-13-15(24)16(25)14-19(18)29-23)21-9-8-20(31-21)17-7-3-4-10-26-17;1-24-17-16(20-6-2-3-7-23-8-4-5-9-23)21-14-10-12(18)13(19)11-15(14)22-17/h1-2,7-10,15-16H,3-6,11-14H2,(H,29,31);1-2,7-8,13-15H,3-6,9-12H2,(H,28,31);3-4,7-10,13-14H,5-6,11-12H2,1-2H3,(H,27,29);10-11H,2-9H2,1H3,(H,20,21). The molecule has 3 aliphatic rings. The number of thiophene rings is 2. The first-order valence-corrected chi connectivity index (χ1v) is 45.6. The van der Waals surface area contributed by atoms with E-state index < -0.39 is 0 Å². The third-order valence-electron chi connectivity index (χ3n) is 20.6. The zero-order valence-corrected chi connectivity index (χ0v) is 75.2. The maximum Gasteiger partial charge on any atom is 0.257 e. The SMILES string of the molecule is CN(C)CCCCNc1nc2cc(Cl)c(Cl)cc2nc1-c1ccc(-c2ccccn2)s1.COc1nc2cc(Cl)c(Cl)cc2nc1NCCCCN1CCCC1.Clc1cc2nc(NCCCCN3CCCC3)c(-c3ccc(-c4ccccn4)s3)nc2cc1Cl.Clc1cc2nc(NCCCCN3CCCC3)c(-c3ncc(-c4ccccn4)o3)nc2cc1Cl. The van der Waals surface area contributed by atoms with Crippen LogP contribution in [0.1, 0.15) is 89.9 Å². The van der Waals surface area contributed by atoms with E-state index in [1.54, 1.807) is 96.9 Å². The molecule has 10 aromatic heterocycles. The van der Waals surface area contributed by atoms with Crippen molar-refractivity contribution in [1.29, 1.82) is 0 Å². The van der Waals surface area contributed by atoms with Crippen molar-refractivity contribution in [2.45, 2.75) is 89.9 Å². The van der Waals surface area contributed by atoms with Gasteiger partial charge >= 0.3 is 0 Å². The lowest BCUT2D eigenvalue weighted by atomic mass is 10.2. The predicted octanol–water partition coefficient (Wildman–Crippen LogP) is 23.7. The van der Waals surface area contributed by atoms with Gasteiger partial charge in [0.25, 0.3) is 5.88 Å². The molecule has 0 spiro atoms. The van der Waals surface area contributed by atoms with Crippen LogP contribution in [0.5, 0.6) is 5.88 Å². The number of ether oxygens (including phenoxy) is 1. The zero-order valence-electron chi connectivity index (χ0n) is 67.5. The number of likely N-dealkylation sites (tertiary alicyclic amines) is 3. The van der Waals surface area contributed by atoms with Crippen molar-refractivity contribution >= 4 is 183 Å². The summed E-state index contributed by atoms with van der Waals surface area (Å²) in [6.07, 6.45) is 23.8. The number of oxazole rings is 1. The molecule has 0 aliphatic carbocycles. The van der Waals surface area contributed by atoms with Crippen LogP contribution < -0.4 is 26.0 Å². The summed E-state index contributed by atoms with van der Waals surface area (Å²) in [5.41, 5.74) is 10.3. The van der Waals surface area contributed by atoms with E-state index in [-0.39, 0.29) is 0 Å². The molecule has 32 heteroatoms. The smallest absolute Gasteiger partial charge is 0.257 e. The number of rotatable bonds is 31.